The maximum Gasteiger partial charge on any atom is 0.191 e. The van der Waals surface area contributed by atoms with Gasteiger partial charge in [-0.1, -0.05) is 18.2 Å². The van der Waals surface area contributed by atoms with E-state index in [0.717, 1.165) is 56.5 Å². The van der Waals surface area contributed by atoms with Gasteiger partial charge < -0.3 is 24.8 Å². The summed E-state index contributed by atoms with van der Waals surface area (Å²) in [6.07, 6.45) is 6.23. The van der Waals surface area contributed by atoms with Crippen LogP contribution in [0.1, 0.15) is 37.7 Å². The molecule has 27 heavy (non-hydrogen) atoms. The Morgan fingerprint density at radius 2 is 2.04 bits per heavy atom. The molecule has 0 bridgehead atoms. The Labute approximate surface area is 179 Å². The number of nitrogens with zero attached hydrogens (tertiary/aromatic N) is 1. The monoisotopic (exact) mass is 489 g/mol. The maximum atomic E-state index is 6.08. The van der Waals surface area contributed by atoms with E-state index >= 15 is 0 Å². The predicted molar refractivity (Wildman–Crippen MR) is 118 cm³/mol. The first-order valence-electron chi connectivity index (χ1n) is 9.73. The van der Waals surface area contributed by atoms with Crippen LogP contribution in [0.4, 0.5) is 0 Å². The Hall–Kier alpha value is -1.06. The van der Waals surface area contributed by atoms with Crippen molar-refractivity contribution in [2.45, 2.75) is 50.9 Å². The number of nitrogens with one attached hydrogen (secondary N) is 2. The molecule has 152 valence electrons. The van der Waals surface area contributed by atoms with Crippen LogP contribution in [0, 0.1) is 0 Å². The Morgan fingerprint density at radius 1 is 1.19 bits per heavy atom. The quantitative estimate of drug-likeness (QED) is 0.242. The van der Waals surface area contributed by atoms with E-state index < -0.39 is 0 Å². The fourth-order valence-electron chi connectivity index (χ4n) is 3.01. The van der Waals surface area contributed by atoms with Crippen LogP contribution in [0.3, 0.4) is 0 Å². The topological polar surface area (TPSA) is 64.1 Å². The van der Waals surface area contributed by atoms with Crippen molar-refractivity contribution in [3.05, 3.63) is 29.8 Å². The first kappa shape index (κ1) is 22.2. The summed E-state index contributed by atoms with van der Waals surface area (Å²) in [5, 5.41) is 6.70. The van der Waals surface area contributed by atoms with Gasteiger partial charge in [-0.3, -0.25) is 4.99 Å². The predicted octanol–water partition coefficient (Wildman–Crippen LogP) is 3.10. The fourth-order valence-corrected chi connectivity index (χ4v) is 3.01. The molecule has 1 saturated carbocycles. The highest BCUT2D eigenvalue weighted by molar-refractivity contribution is 14.0. The van der Waals surface area contributed by atoms with E-state index in [-0.39, 0.29) is 30.1 Å². The second-order valence-corrected chi connectivity index (χ2v) is 6.84. The van der Waals surface area contributed by atoms with E-state index in [9.17, 15) is 0 Å². The Morgan fingerprint density at radius 3 is 2.74 bits per heavy atom. The lowest BCUT2D eigenvalue weighted by Crippen LogP contribution is -2.37. The molecule has 1 aromatic rings. The van der Waals surface area contributed by atoms with Crippen LogP contribution >= 0.6 is 24.0 Å². The van der Waals surface area contributed by atoms with Gasteiger partial charge in [-0.15, -0.1) is 24.0 Å². The third kappa shape index (κ3) is 7.46. The number of para-hydroxylation sites is 1. The number of benzene rings is 1. The van der Waals surface area contributed by atoms with Crippen LogP contribution in [-0.4, -0.2) is 51.6 Å². The zero-order chi connectivity index (χ0) is 18.0. The molecule has 1 saturated heterocycles. The first-order chi connectivity index (χ1) is 12.8. The molecule has 0 spiro atoms. The number of hydrogen-bond acceptors (Lipinski definition) is 4. The van der Waals surface area contributed by atoms with Gasteiger partial charge in [-0.25, -0.2) is 0 Å². The Bertz CT molecular complexity index is 575. The summed E-state index contributed by atoms with van der Waals surface area (Å²) < 4.78 is 17.2. The van der Waals surface area contributed by atoms with Crippen LogP contribution < -0.4 is 15.4 Å². The Kier molecular flexibility index (Phi) is 10.2. The summed E-state index contributed by atoms with van der Waals surface area (Å²) in [5.74, 6) is 1.78. The van der Waals surface area contributed by atoms with Gasteiger partial charge in [-0.2, -0.15) is 0 Å². The van der Waals surface area contributed by atoms with Crippen molar-refractivity contribution in [1.82, 2.24) is 10.6 Å². The lowest BCUT2D eigenvalue weighted by atomic mass is 9.96. The zero-order valence-electron chi connectivity index (χ0n) is 16.1. The van der Waals surface area contributed by atoms with Gasteiger partial charge in [0.1, 0.15) is 5.75 Å². The molecule has 1 heterocycles. The van der Waals surface area contributed by atoms with E-state index in [2.05, 4.69) is 27.8 Å². The smallest absolute Gasteiger partial charge is 0.191 e. The number of rotatable bonds is 9. The van der Waals surface area contributed by atoms with Crippen LogP contribution in [0.15, 0.2) is 29.3 Å². The van der Waals surface area contributed by atoms with Crippen molar-refractivity contribution < 1.29 is 14.2 Å². The third-order valence-electron chi connectivity index (χ3n) is 4.84. The SMILES string of the molecule is CN=C(NCCCOC1CCOC1)NCc1ccccc1OC1CCC1.I. The highest BCUT2D eigenvalue weighted by atomic mass is 127. The minimum Gasteiger partial charge on any atom is -0.490 e. The van der Waals surface area contributed by atoms with Crippen LogP contribution in [0.2, 0.25) is 0 Å². The van der Waals surface area contributed by atoms with Gasteiger partial charge in [0.25, 0.3) is 0 Å². The number of ether oxygens (including phenoxy) is 3. The molecular weight excluding hydrogens is 457 g/mol. The standard InChI is InChI=1S/C20H31N3O3.HI/c1-21-20(22-11-5-12-25-18-10-13-24-15-18)23-14-16-6-2-3-9-19(16)26-17-7-4-8-17;/h2-3,6,9,17-18H,4-5,7-8,10-15H2,1H3,(H2,21,22,23);1H. The molecule has 3 rings (SSSR count). The van der Waals surface area contributed by atoms with Crippen LogP contribution in [0.5, 0.6) is 5.75 Å². The lowest BCUT2D eigenvalue weighted by molar-refractivity contribution is 0.0420. The number of halogens is 1. The average molecular weight is 489 g/mol. The van der Waals surface area contributed by atoms with Crippen molar-refractivity contribution in [1.29, 1.82) is 0 Å². The van der Waals surface area contributed by atoms with Gasteiger partial charge in [0, 0.05) is 38.9 Å². The molecule has 1 aromatic carbocycles. The first-order valence-corrected chi connectivity index (χ1v) is 9.73. The summed E-state index contributed by atoms with van der Waals surface area (Å²) in [4.78, 5) is 4.29. The molecule has 6 nitrogen and oxygen atoms in total. The van der Waals surface area contributed by atoms with Gasteiger partial charge in [-0.05, 0) is 38.2 Å². The summed E-state index contributed by atoms with van der Waals surface area (Å²) in [6, 6.07) is 8.23. The van der Waals surface area contributed by atoms with Gasteiger partial charge in [0.2, 0.25) is 0 Å². The van der Waals surface area contributed by atoms with Gasteiger partial charge >= 0.3 is 0 Å². The lowest BCUT2D eigenvalue weighted by Gasteiger charge is -2.27. The second-order valence-electron chi connectivity index (χ2n) is 6.84. The fraction of sp³-hybridized carbons (Fsp3) is 0.650. The minimum absolute atomic E-state index is 0. The largest absolute Gasteiger partial charge is 0.490 e. The molecule has 2 aliphatic rings. The van der Waals surface area contributed by atoms with E-state index in [1.807, 2.05) is 12.1 Å². The molecule has 0 aromatic heterocycles. The van der Waals surface area contributed by atoms with Crippen LogP contribution in [-0.2, 0) is 16.0 Å². The summed E-state index contributed by atoms with van der Waals surface area (Å²) in [7, 11) is 1.79. The number of hydrogen-bond donors (Lipinski definition) is 2. The van der Waals surface area contributed by atoms with Gasteiger partial charge in [0.15, 0.2) is 5.96 Å². The van der Waals surface area contributed by atoms with Crippen molar-refractivity contribution in [3.63, 3.8) is 0 Å². The molecule has 2 fully saturated rings. The molecule has 1 aliphatic heterocycles. The molecule has 2 N–H and O–H groups in total. The summed E-state index contributed by atoms with van der Waals surface area (Å²) in [5.41, 5.74) is 1.16. The molecule has 0 amide bonds. The number of aliphatic imine (C=N–C) groups is 1. The second kappa shape index (κ2) is 12.4. The maximum absolute atomic E-state index is 6.08. The third-order valence-corrected chi connectivity index (χ3v) is 4.84. The highest BCUT2D eigenvalue weighted by Crippen LogP contribution is 2.27. The van der Waals surface area contributed by atoms with Crippen molar-refractivity contribution in [2.75, 3.05) is 33.4 Å². The summed E-state index contributed by atoms with van der Waals surface area (Å²) in [6.45, 7) is 3.83. The molecule has 7 heteroatoms. The normalized spacial score (nSPS) is 19.9. The van der Waals surface area contributed by atoms with E-state index in [1.165, 1.54) is 19.3 Å². The average Bonchev–Trinajstić information content (AvgIpc) is 3.15. The van der Waals surface area contributed by atoms with Crippen LogP contribution in [0.25, 0.3) is 0 Å². The highest BCUT2D eigenvalue weighted by Gasteiger charge is 2.20. The van der Waals surface area contributed by atoms with Crippen molar-refractivity contribution in [2.24, 2.45) is 4.99 Å². The summed E-state index contributed by atoms with van der Waals surface area (Å²) >= 11 is 0. The number of guanidine groups is 1. The molecule has 0 radical (unpaired) electrons. The van der Waals surface area contributed by atoms with E-state index in [0.29, 0.717) is 12.6 Å². The Balaban J connectivity index is 0.00000261. The van der Waals surface area contributed by atoms with Crippen molar-refractivity contribution >= 4 is 29.9 Å². The molecule has 1 unspecified atom stereocenters. The zero-order valence-corrected chi connectivity index (χ0v) is 18.4. The van der Waals surface area contributed by atoms with Gasteiger partial charge in [0.05, 0.1) is 18.8 Å². The molecule has 1 atom stereocenters. The molecular formula is C20H32IN3O3. The van der Waals surface area contributed by atoms with E-state index in [1.54, 1.807) is 7.05 Å². The minimum atomic E-state index is 0. The van der Waals surface area contributed by atoms with E-state index in [4.69, 9.17) is 14.2 Å². The molecule has 1 aliphatic carbocycles. The van der Waals surface area contributed by atoms with Crippen molar-refractivity contribution in [3.8, 4) is 5.75 Å².